The number of alkyl halides is 3. The Morgan fingerprint density at radius 3 is 2.39 bits per heavy atom. The van der Waals surface area contributed by atoms with E-state index in [1.165, 1.54) is 12.1 Å². The number of aromatic carboxylic acids is 1. The lowest BCUT2D eigenvalue weighted by Gasteiger charge is -2.14. The van der Waals surface area contributed by atoms with Gasteiger partial charge in [0.05, 0.1) is 11.3 Å². The number of halogens is 3. The van der Waals surface area contributed by atoms with Gasteiger partial charge in [0.1, 0.15) is 4.90 Å². The lowest BCUT2D eigenvalue weighted by atomic mass is 10.2. The third-order valence-corrected chi connectivity index (χ3v) is 4.13. The van der Waals surface area contributed by atoms with Gasteiger partial charge in [0, 0.05) is 6.20 Å². The molecule has 10 heteroatoms. The second-order valence-electron chi connectivity index (χ2n) is 4.30. The van der Waals surface area contributed by atoms with Crippen LogP contribution in [-0.4, -0.2) is 24.5 Å². The van der Waals surface area contributed by atoms with Crippen LogP contribution in [0.15, 0.2) is 47.5 Å². The van der Waals surface area contributed by atoms with Crippen molar-refractivity contribution in [1.29, 1.82) is 0 Å². The van der Waals surface area contributed by atoms with Gasteiger partial charge in [-0.15, -0.1) is 0 Å². The molecule has 0 saturated heterocycles. The summed E-state index contributed by atoms with van der Waals surface area (Å²) < 4.78 is 64.9. The van der Waals surface area contributed by atoms with Crippen LogP contribution in [0, 0.1) is 0 Å². The van der Waals surface area contributed by atoms with Crippen molar-refractivity contribution < 1.29 is 31.5 Å². The molecular formula is C13H9F3N2O4S. The molecule has 122 valence electrons. The molecular weight excluding hydrogens is 337 g/mol. The van der Waals surface area contributed by atoms with Crippen molar-refractivity contribution in [2.45, 2.75) is 11.1 Å². The number of nitrogens with zero attached hydrogens (tertiary/aromatic N) is 1. The van der Waals surface area contributed by atoms with Crippen LogP contribution in [0.1, 0.15) is 16.1 Å². The molecule has 6 nitrogen and oxygen atoms in total. The fourth-order valence-electron chi connectivity index (χ4n) is 1.78. The molecule has 1 aromatic carbocycles. The number of carboxylic acid groups (broad SMARTS) is 1. The SMILES string of the molecule is O=C(O)c1ccccc1NS(=O)(=O)c1cccnc1C(F)(F)F. The van der Waals surface area contributed by atoms with Crippen molar-refractivity contribution in [1.82, 2.24) is 4.98 Å². The van der Waals surface area contributed by atoms with E-state index < -0.39 is 38.3 Å². The number of hydrogen-bond acceptors (Lipinski definition) is 4. The molecule has 0 aliphatic heterocycles. The van der Waals surface area contributed by atoms with E-state index >= 15 is 0 Å². The maximum atomic E-state index is 12.9. The lowest BCUT2D eigenvalue weighted by Crippen LogP contribution is -2.21. The summed E-state index contributed by atoms with van der Waals surface area (Å²) in [6.07, 6.45) is -4.16. The molecule has 2 aromatic rings. The minimum absolute atomic E-state index is 0.350. The van der Waals surface area contributed by atoms with Crippen molar-refractivity contribution in [3.63, 3.8) is 0 Å². The van der Waals surface area contributed by atoms with Crippen molar-refractivity contribution in [3.8, 4) is 0 Å². The van der Waals surface area contributed by atoms with Crippen LogP contribution in [0.25, 0.3) is 0 Å². The molecule has 0 radical (unpaired) electrons. The quantitative estimate of drug-likeness (QED) is 0.887. The van der Waals surface area contributed by atoms with Crippen molar-refractivity contribution in [3.05, 3.63) is 53.9 Å². The van der Waals surface area contributed by atoms with E-state index in [4.69, 9.17) is 5.11 Å². The van der Waals surface area contributed by atoms with E-state index in [1.807, 2.05) is 4.72 Å². The van der Waals surface area contributed by atoms with E-state index in [0.29, 0.717) is 0 Å². The van der Waals surface area contributed by atoms with Crippen LogP contribution < -0.4 is 4.72 Å². The Labute approximate surface area is 128 Å². The molecule has 1 heterocycles. The summed E-state index contributed by atoms with van der Waals surface area (Å²) in [5.41, 5.74) is -2.33. The third-order valence-electron chi connectivity index (χ3n) is 2.73. The number of pyridine rings is 1. The fourth-order valence-corrected chi connectivity index (χ4v) is 3.04. The van der Waals surface area contributed by atoms with Crippen molar-refractivity contribution in [2.75, 3.05) is 4.72 Å². The Hall–Kier alpha value is -2.62. The first-order chi connectivity index (χ1) is 10.6. The van der Waals surface area contributed by atoms with E-state index in [1.54, 1.807) is 0 Å². The highest BCUT2D eigenvalue weighted by Crippen LogP contribution is 2.33. The lowest BCUT2D eigenvalue weighted by molar-refractivity contribution is -0.143. The standard InChI is InChI=1S/C13H9F3N2O4S/c14-13(15,16)11-10(6-3-7-17-11)23(21,22)18-9-5-2-1-4-8(9)12(19)20/h1-7,18H,(H,19,20). The first-order valence-electron chi connectivity index (χ1n) is 6.00. The average molecular weight is 346 g/mol. The zero-order valence-electron chi connectivity index (χ0n) is 11.2. The second-order valence-corrected chi connectivity index (χ2v) is 5.95. The Balaban J connectivity index is 2.52. The van der Waals surface area contributed by atoms with E-state index in [0.717, 1.165) is 30.5 Å². The summed E-state index contributed by atoms with van der Waals surface area (Å²) in [4.78, 5) is 13.0. The number of benzene rings is 1. The van der Waals surface area contributed by atoms with Gasteiger partial charge in [-0.3, -0.25) is 9.71 Å². The molecule has 0 bridgehead atoms. The van der Waals surface area contributed by atoms with Gasteiger partial charge in [0.2, 0.25) is 0 Å². The molecule has 0 aliphatic rings. The Bertz CT molecular complexity index is 850. The van der Waals surface area contributed by atoms with Gasteiger partial charge in [0.25, 0.3) is 10.0 Å². The van der Waals surface area contributed by atoms with Crippen molar-refractivity contribution >= 4 is 21.7 Å². The van der Waals surface area contributed by atoms with E-state index in [-0.39, 0.29) is 5.69 Å². The first-order valence-corrected chi connectivity index (χ1v) is 7.48. The summed E-state index contributed by atoms with van der Waals surface area (Å²) in [6, 6.07) is 6.72. The Kier molecular flexibility index (Phi) is 4.28. The number of anilines is 1. The molecule has 0 amide bonds. The normalized spacial score (nSPS) is 12.0. The molecule has 2 rings (SSSR count). The summed E-state index contributed by atoms with van der Waals surface area (Å²) in [7, 11) is -4.68. The van der Waals surface area contributed by atoms with Crippen LogP contribution in [0.3, 0.4) is 0 Å². The van der Waals surface area contributed by atoms with E-state index in [2.05, 4.69) is 4.98 Å². The van der Waals surface area contributed by atoms with Gasteiger partial charge in [-0.1, -0.05) is 12.1 Å². The number of carbonyl (C=O) groups is 1. The second kappa shape index (κ2) is 5.88. The molecule has 0 fully saturated rings. The zero-order valence-corrected chi connectivity index (χ0v) is 12.0. The average Bonchev–Trinajstić information content (AvgIpc) is 2.46. The Morgan fingerprint density at radius 2 is 1.78 bits per heavy atom. The predicted molar refractivity (Wildman–Crippen MR) is 73.4 cm³/mol. The van der Waals surface area contributed by atoms with E-state index in [9.17, 15) is 26.4 Å². The van der Waals surface area contributed by atoms with Crippen LogP contribution in [0.2, 0.25) is 0 Å². The predicted octanol–water partition coefficient (Wildman–Crippen LogP) is 2.60. The van der Waals surface area contributed by atoms with Gasteiger partial charge >= 0.3 is 12.1 Å². The molecule has 0 saturated carbocycles. The molecule has 2 N–H and O–H groups in total. The highest BCUT2D eigenvalue weighted by molar-refractivity contribution is 7.92. The van der Waals surface area contributed by atoms with Crippen LogP contribution in [-0.2, 0) is 16.2 Å². The smallest absolute Gasteiger partial charge is 0.434 e. The zero-order chi connectivity index (χ0) is 17.3. The number of rotatable bonds is 4. The fraction of sp³-hybridized carbons (Fsp3) is 0.0769. The van der Waals surface area contributed by atoms with Crippen molar-refractivity contribution in [2.24, 2.45) is 0 Å². The maximum absolute atomic E-state index is 12.9. The number of carboxylic acids is 1. The van der Waals surface area contributed by atoms with Crippen LogP contribution >= 0.6 is 0 Å². The number of hydrogen-bond donors (Lipinski definition) is 2. The molecule has 0 spiro atoms. The topological polar surface area (TPSA) is 96.4 Å². The van der Waals surface area contributed by atoms with Gasteiger partial charge in [-0.05, 0) is 24.3 Å². The molecule has 0 atom stereocenters. The largest absolute Gasteiger partial charge is 0.478 e. The summed E-state index contributed by atoms with van der Waals surface area (Å²) >= 11 is 0. The summed E-state index contributed by atoms with van der Waals surface area (Å²) in [6.45, 7) is 0. The number of para-hydroxylation sites is 1. The Morgan fingerprint density at radius 1 is 1.13 bits per heavy atom. The molecule has 1 aromatic heterocycles. The first kappa shape index (κ1) is 16.7. The van der Waals surface area contributed by atoms with Crippen LogP contribution in [0.5, 0.6) is 0 Å². The summed E-state index contributed by atoms with van der Waals surface area (Å²) in [5.74, 6) is -1.43. The number of nitrogens with one attached hydrogen (secondary N) is 1. The van der Waals surface area contributed by atoms with Gasteiger partial charge < -0.3 is 5.11 Å². The number of sulfonamides is 1. The third kappa shape index (κ3) is 3.59. The minimum atomic E-state index is -4.97. The van der Waals surface area contributed by atoms with Gasteiger partial charge in [-0.2, -0.15) is 13.2 Å². The minimum Gasteiger partial charge on any atom is -0.478 e. The molecule has 0 aliphatic carbocycles. The monoisotopic (exact) mass is 346 g/mol. The van der Waals surface area contributed by atoms with Gasteiger partial charge in [-0.25, -0.2) is 13.2 Å². The number of aromatic nitrogens is 1. The highest BCUT2D eigenvalue weighted by Gasteiger charge is 2.39. The van der Waals surface area contributed by atoms with Crippen LogP contribution in [0.4, 0.5) is 18.9 Å². The maximum Gasteiger partial charge on any atom is 0.434 e. The van der Waals surface area contributed by atoms with Gasteiger partial charge in [0.15, 0.2) is 5.69 Å². The molecule has 23 heavy (non-hydrogen) atoms. The molecule has 0 unspecified atom stereocenters. The summed E-state index contributed by atoms with van der Waals surface area (Å²) in [5, 5.41) is 8.99. The highest BCUT2D eigenvalue weighted by atomic mass is 32.2.